The average molecular weight is 802 g/mol. The maximum atomic E-state index is 5.22. The molecule has 3 heteroatoms. The molecule has 12 aromatic rings. The largest absolute Gasteiger partial charge is 0.309 e. The van der Waals surface area contributed by atoms with Crippen molar-refractivity contribution in [3.63, 3.8) is 0 Å². The number of rotatable bonds is 7. The fourth-order valence-corrected chi connectivity index (χ4v) is 9.43. The van der Waals surface area contributed by atoms with Gasteiger partial charge in [0.2, 0.25) is 0 Å². The van der Waals surface area contributed by atoms with E-state index in [4.69, 9.17) is 9.97 Å². The molecule has 63 heavy (non-hydrogen) atoms. The smallest absolute Gasteiger partial charge is 0.160 e. The summed E-state index contributed by atoms with van der Waals surface area (Å²) in [5.74, 6) is 0.708. The number of hydrogen-bond acceptors (Lipinski definition) is 2. The molecule has 0 radical (unpaired) electrons. The van der Waals surface area contributed by atoms with Gasteiger partial charge in [-0.1, -0.05) is 200 Å². The van der Waals surface area contributed by atoms with E-state index in [1.807, 2.05) is 24.3 Å². The maximum absolute atomic E-state index is 5.22. The molecule has 2 heterocycles. The van der Waals surface area contributed by atoms with Gasteiger partial charge in [-0.05, 0) is 85.9 Å². The molecule has 0 N–H and O–H groups in total. The fraction of sp³-hybridized carbons (Fsp3) is 0. The van der Waals surface area contributed by atoms with Gasteiger partial charge in [-0.2, -0.15) is 0 Å². The van der Waals surface area contributed by atoms with Gasteiger partial charge in [-0.3, -0.25) is 0 Å². The summed E-state index contributed by atoms with van der Waals surface area (Å²) in [4.78, 5) is 10.3. The zero-order valence-electron chi connectivity index (χ0n) is 34.4. The Morgan fingerprint density at radius 1 is 0.254 bits per heavy atom. The number of nitrogens with zero attached hydrogens (tertiary/aromatic N) is 3. The highest BCUT2D eigenvalue weighted by molar-refractivity contribution is 6.15. The predicted octanol–water partition coefficient (Wildman–Crippen LogP) is 15.9. The zero-order valence-corrected chi connectivity index (χ0v) is 34.4. The van der Waals surface area contributed by atoms with E-state index in [1.165, 1.54) is 71.3 Å². The summed E-state index contributed by atoms with van der Waals surface area (Å²) < 4.78 is 2.46. The molecule has 0 saturated carbocycles. The summed E-state index contributed by atoms with van der Waals surface area (Å²) in [6, 6.07) is 84.8. The van der Waals surface area contributed by atoms with Crippen molar-refractivity contribution < 1.29 is 0 Å². The molecule has 0 saturated heterocycles. The van der Waals surface area contributed by atoms with Crippen molar-refractivity contribution in [2.24, 2.45) is 0 Å². The molecule has 12 rings (SSSR count). The third-order valence-electron chi connectivity index (χ3n) is 12.4. The van der Waals surface area contributed by atoms with Crippen LogP contribution in [0.25, 0.3) is 116 Å². The van der Waals surface area contributed by atoms with Crippen LogP contribution in [-0.2, 0) is 0 Å². The van der Waals surface area contributed by atoms with Gasteiger partial charge in [-0.15, -0.1) is 0 Å². The van der Waals surface area contributed by atoms with Gasteiger partial charge >= 0.3 is 0 Å². The third-order valence-corrected chi connectivity index (χ3v) is 12.4. The predicted molar refractivity (Wildman–Crippen MR) is 264 cm³/mol. The lowest BCUT2D eigenvalue weighted by atomic mass is 9.90. The molecule has 0 bridgehead atoms. The summed E-state index contributed by atoms with van der Waals surface area (Å²) in [5.41, 5.74) is 15.6. The van der Waals surface area contributed by atoms with Crippen molar-refractivity contribution in [3.05, 3.63) is 237 Å². The molecule has 10 aromatic carbocycles. The second-order valence-electron chi connectivity index (χ2n) is 16.1. The number of fused-ring (bicyclic) bond motifs is 5. The Kier molecular flexibility index (Phi) is 8.83. The van der Waals surface area contributed by atoms with E-state index in [9.17, 15) is 0 Å². The van der Waals surface area contributed by atoms with Crippen molar-refractivity contribution >= 4 is 43.4 Å². The Bertz CT molecular complexity index is 3500. The maximum Gasteiger partial charge on any atom is 0.160 e. The zero-order chi connectivity index (χ0) is 41.7. The first-order valence-corrected chi connectivity index (χ1v) is 21.5. The fourth-order valence-electron chi connectivity index (χ4n) is 9.43. The first-order valence-electron chi connectivity index (χ1n) is 21.5. The topological polar surface area (TPSA) is 30.7 Å². The second-order valence-corrected chi connectivity index (χ2v) is 16.1. The van der Waals surface area contributed by atoms with Crippen LogP contribution in [0.2, 0.25) is 0 Å². The van der Waals surface area contributed by atoms with Crippen molar-refractivity contribution in [2.45, 2.75) is 0 Å². The lowest BCUT2D eigenvalue weighted by Gasteiger charge is -2.17. The van der Waals surface area contributed by atoms with Crippen LogP contribution in [0.1, 0.15) is 0 Å². The summed E-state index contributed by atoms with van der Waals surface area (Å²) >= 11 is 0. The quantitative estimate of drug-likeness (QED) is 0.161. The summed E-state index contributed by atoms with van der Waals surface area (Å²) in [6.45, 7) is 0. The summed E-state index contributed by atoms with van der Waals surface area (Å²) in [6.07, 6.45) is 0. The highest BCUT2D eigenvalue weighted by Gasteiger charge is 2.20. The monoisotopic (exact) mass is 801 g/mol. The molecule has 294 valence electrons. The van der Waals surface area contributed by atoms with Crippen LogP contribution in [0.3, 0.4) is 0 Å². The van der Waals surface area contributed by atoms with Gasteiger partial charge in [0.25, 0.3) is 0 Å². The molecular weight excluding hydrogens is 763 g/mol. The first kappa shape index (κ1) is 36.5. The minimum Gasteiger partial charge on any atom is -0.309 e. The number of aromatic nitrogens is 3. The SMILES string of the molecule is c1ccc(-c2ccc3c(c2)c2cc(-c4ccccc4)ccc2n3-c2ccc(-c3ccc(-c4cc(-c5ccccc5)nc(-c5ccccc5)n4)c4ccccc34)c3ccccc23)cc1. The van der Waals surface area contributed by atoms with Gasteiger partial charge in [0.05, 0.1) is 28.1 Å². The molecule has 0 aliphatic carbocycles. The Labute approximate surface area is 365 Å². The molecule has 2 aromatic heterocycles. The van der Waals surface area contributed by atoms with Gasteiger partial charge < -0.3 is 4.57 Å². The van der Waals surface area contributed by atoms with Crippen LogP contribution in [-0.4, -0.2) is 14.5 Å². The summed E-state index contributed by atoms with van der Waals surface area (Å²) in [5, 5.41) is 7.17. The van der Waals surface area contributed by atoms with Crippen molar-refractivity contribution in [2.75, 3.05) is 0 Å². The molecule has 0 unspecified atom stereocenters. The van der Waals surface area contributed by atoms with E-state index in [1.54, 1.807) is 0 Å². The number of benzene rings is 10. The van der Waals surface area contributed by atoms with Crippen molar-refractivity contribution in [3.8, 4) is 73.0 Å². The average Bonchev–Trinajstić information content (AvgIpc) is 3.69. The van der Waals surface area contributed by atoms with E-state index in [0.29, 0.717) is 5.82 Å². The van der Waals surface area contributed by atoms with E-state index in [-0.39, 0.29) is 0 Å². The minimum atomic E-state index is 0.708. The molecule has 0 spiro atoms. The molecular formula is C60H39N3. The van der Waals surface area contributed by atoms with Crippen LogP contribution < -0.4 is 0 Å². The van der Waals surface area contributed by atoms with Gasteiger partial charge in [0.1, 0.15) is 0 Å². The van der Waals surface area contributed by atoms with Gasteiger partial charge in [0, 0.05) is 32.8 Å². The van der Waals surface area contributed by atoms with E-state index in [2.05, 4.69) is 217 Å². The van der Waals surface area contributed by atoms with Crippen LogP contribution in [0.15, 0.2) is 237 Å². The normalized spacial score (nSPS) is 11.5. The Morgan fingerprint density at radius 2 is 0.667 bits per heavy atom. The highest BCUT2D eigenvalue weighted by Crippen LogP contribution is 2.43. The van der Waals surface area contributed by atoms with Crippen LogP contribution in [0.4, 0.5) is 0 Å². The van der Waals surface area contributed by atoms with Crippen LogP contribution in [0.5, 0.6) is 0 Å². The lowest BCUT2D eigenvalue weighted by molar-refractivity contribution is 1.18. The Morgan fingerprint density at radius 3 is 1.22 bits per heavy atom. The molecule has 3 nitrogen and oxygen atoms in total. The second kappa shape index (κ2) is 15.3. The Hall–Kier alpha value is -8.40. The standard InChI is InChI=1S/C60H39N3/c1-5-17-40(18-6-1)44-29-34-58-53(37-44)54-38-45(41-19-7-2-8-20-41)30-35-59(54)63(58)57-36-33-50(48-27-15-16-28-52(48)57)49-31-32-51(47-26-14-13-25-46(47)49)56-39-55(42-21-9-3-10-22-42)61-60(62-56)43-23-11-4-12-24-43/h1-39H. The number of hydrogen-bond donors (Lipinski definition) is 0. The minimum absolute atomic E-state index is 0.708. The molecule has 0 aliphatic heterocycles. The van der Waals surface area contributed by atoms with Crippen molar-refractivity contribution in [1.29, 1.82) is 0 Å². The summed E-state index contributed by atoms with van der Waals surface area (Å²) in [7, 11) is 0. The lowest BCUT2D eigenvalue weighted by Crippen LogP contribution is -1.98. The first-order chi connectivity index (χ1) is 31.2. The van der Waals surface area contributed by atoms with E-state index in [0.717, 1.165) is 39.2 Å². The molecule has 0 amide bonds. The molecule has 0 aliphatic rings. The van der Waals surface area contributed by atoms with E-state index < -0.39 is 0 Å². The van der Waals surface area contributed by atoms with Gasteiger partial charge in [-0.25, -0.2) is 9.97 Å². The molecule has 0 atom stereocenters. The molecule has 0 fully saturated rings. The Balaban J connectivity index is 1.04. The highest BCUT2D eigenvalue weighted by atomic mass is 15.0. The van der Waals surface area contributed by atoms with Crippen molar-refractivity contribution in [1.82, 2.24) is 14.5 Å². The van der Waals surface area contributed by atoms with Crippen LogP contribution in [0, 0.1) is 0 Å². The van der Waals surface area contributed by atoms with E-state index >= 15 is 0 Å². The third kappa shape index (κ3) is 6.38. The van der Waals surface area contributed by atoms with Gasteiger partial charge in [0.15, 0.2) is 5.82 Å². The van der Waals surface area contributed by atoms with Crippen LogP contribution >= 0.6 is 0 Å².